The van der Waals surface area contributed by atoms with Crippen molar-refractivity contribution in [3.05, 3.63) is 59.1 Å². The summed E-state index contributed by atoms with van der Waals surface area (Å²) in [5.41, 5.74) is 4.56. The summed E-state index contributed by atoms with van der Waals surface area (Å²) in [6.45, 7) is 3.06. The molecule has 3 heterocycles. The van der Waals surface area contributed by atoms with E-state index in [9.17, 15) is 0 Å². The van der Waals surface area contributed by atoms with E-state index in [-0.39, 0.29) is 0 Å². The maximum atomic E-state index is 6.25. The number of aryl methyl sites for hydroxylation is 1. The molecule has 0 N–H and O–H groups in total. The number of aromatic nitrogens is 4. The number of halogens is 1. The molecular formula is C22H27ClN6. The van der Waals surface area contributed by atoms with Gasteiger partial charge in [0.15, 0.2) is 0 Å². The highest BCUT2D eigenvalue weighted by Crippen LogP contribution is 2.35. The smallest absolute Gasteiger partial charge is 0.225 e. The van der Waals surface area contributed by atoms with Crippen molar-refractivity contribution < 1.29 is 0 Å². The molecule has 0 saturated carbocycles. The van der Waals surface area contributed by atoms with E-state index in [1.807, 2.05) is 61.3 Å². The van der Waals surface area contributed by atoms with E-state index in [4.69, 9.17) is 16.6 Å². The molecule has 0 spiro atoms. The molecule has 1 aliphatic heterocycles. The minimum absolute atomic E-state index is 0.413. The van der Waals surface area contributed by atoms with Gasteiger partial charge in [-0.1, -0.05) is 23.7 Å². The largest absolute Gasteiger partial charge is 0.347 e. The second-order valence-electron chi connectivity index (χ2n) is 7.95. The summed E-state index contributed by atoms with van der Waals surface area (Å²) in [6.07, 6.45) is 8.16. The van der Waals surface area contributed by atoms with Crippen LogP contribution in [-0.4, -0.2) is 51.8 Å². The third kappa shape index (κ3) is 4.60. The minimum Gasteiger partial charge on any atom is -0.347 e. The summed E-state index contributed by atoms with van der Waals surface area (Å²) in [4.78, 5) is 14.0. The molecule has 0 amide bonds. The molecule has 0 bridgehead atoms. The van der Waals surface area contributed by atoms with Crippen LogP contribution in [0.3, 0.4) is 0 Å². The van der Waals surface area contributed by atoms with E-state index in [0.717, 1.165) is 60.3 Å². The quantitative estimate of drug-likeness (QED) is 0.636. The molecule has 2 aromatic heterocycles. The molecule has 1 saturated heterocycles. The Kier molecular flexibility index (Phi) is 5.83. The van der Waals surface area contributed by atoms with Gasteiger partial charge in [0, 0.05) is 62.1 Å². The number of benzene rings is 1. The van der Waals surface area contributed by atoms with Crippen molar-refractivity contribution in [3.8, 4) is 11.1 Å². The van der Waals surface area contributed by atoms with E-state index < -0.39 is 0 Å². The third-order valence-electron chi connectivity index (χ3n) is 5.48. The van der Waals surface area contributed by atoms with E-state index in [1.54, 1.807) is 0 Å². The Morgan fingerprint density at radius 3 is 2.62 bits per heavy atom. The van der Waals surface area contributed by atoms with Crippen LogP contribution in [0.25, 0.3) is 11.1 Å². The van der Waals surface area contributed by atoms with E-state index in [2.05, 4.69) is 27.2 Å². The van der Waals surface area contributed by atoms with Gasteiger partial charge in [-0.25, -0.2) is 9.97 Å². The standard InChI is InChI=1S/C22H27ClN6/c1-27(2)22-24-13-20(18-5-4-6-19(23)11-18)21(26-22)17-7-9-29(10-8-17)15-16-12-25-28(3)14-16/h4-6,11-14,17H,7-10,15H2,1-3H3. The summed E-state index contributed by atoms with van der Waals surface area (Å²) < 4.78 is 1.86. The highest BCUT2D eigenvalue weighted by molar-refractivity contribution is 6.30. The Hall–Kier alpha value is -2.44. The van der Waals surface area contributed by atoms with Crippen LogP contribution in [0, 0.1) is 0 Å². The predicted molar refractivity (Wildman–Crippen MR) is 117 cm³/mol. The van der Waals surface area contributed by atoms with Crippen LogP contribution in [0.5, 0.6) is 0 Å². The van der Waals surface area contributed by atoms with Crippen molar-refractivity contribution in [2.75, 3.05) is 32.1 Å². The van der Waals surface area contributed by atoms with Crippen LogP contribution < -0.4 is 4.90 Å². The van der Waals surface area contributed by atoms with Gasteiger partial charge in [0.1, 0.15) is 0 Å². The first-order chi connectivity index (χ1) is 14.0. The second-order valence-corrected chi connectivity index (χ2v) is 8.38. The van der Waals surface area contributed by atoms with Crippen LogP contribution in [0.1, 0.15) is 30.0 Å². The van der Waals surface area contributed by atoms with E-state index in [0.29, 0.717) is 5.92 Å². The highest BCUT2D eigenvalue weighted by Gasteiger charge is 2.25. The predicted octanol–water partition coefficient (Wildman–Crippen LogP) is 3.98. The molecule has 1 aliphatic rings. The molecule has 0 unspecified atom stereocenters. The van der Waals surface area contributed by atoms with Crippen molar-refractivity contribution in [3.63, 3.8) is 0 Å². The van der Waals surface area contributed by atoms with Crippen molar-refractivity contribution >= 4 is 17.5 Å². The molecular weight excluding hydrogens is 384 g/mol. The molecule has 3 aromatic rings. The molecule has 29 heavy (non-hydrogen) atoms. The van der Waals surface area contributed by atoms with Crippen molar-refractivity contribution in [1.29, 1.82) is 0 Å². The lowest BCUT2D eigenvalue weighted by Crippen LogP contribution is -2.33. The van der Waals surface area contributed by atoms with Gasteiger partial charge < -0.3 is 4.90 Å². The Balaban J connectivity index is 1.56. The first-order valence-corrected chi connectivity index (χ1v) is 10.4. The van der Waals surface area contributed by atoms with Crippen LogP contribution >= 0.6 is 11.6 Å². The number of hydrogen-bond donors (Lipinski definition) is 0. The lowest BCUT2D eigenvalue weighted by atomic mass is 9.89. The SMILES string of the molecule is CN(C)c1ncc(-c2cccc(Cl)c2)c(C2CCN(Cc3cnn(C)c3)CC2)n1. The number of likely N-dealkylation sites (tertiary alicyclic amines) is 1. The molecule has 0 aliphatic carbocycles. The third-order valence-corrected chi connectivity index (χ3v) is 5.72. The Bertz CT molecular complexity index is 975. The van der Waals surface area contributed by atoms with Gasteiger partial charge >= 0.3 is 0 Å². The zero-order valence-corrected chi connectivity index (χ0v) is 18.0. The Morgan fingerprint density at radius 1 is 1.17 bits per heavy atom. The molecule has 4 rings (SSSR count). The van der Waals surface area contributed by atoms with Crippen molar-refractivity contribution in [2.24, 2.45) is 7.05 Å². The number of rotatable bonds is 5. The maximum Gasteiger partial charge on any atom is 0.225 e. The number of piperidine rings is 1. The van der Waals surface area contributed by atoms with Gasteiger partial charge in [0.2, 0.25) is 5.95 Å². The van der Waals surface area contributed by atoms with Crippen LogP contribution in [0.2, 0.25) is 5.02 Å². The first-order valence-electron chi connectivity index (χ1n) is 9.99. The van der Waals surface area contributed by atoms with E-state index >= 15 is 0 Å². The average molecular weight is 411 g/mol. The summed E-state index contributed by atoms with van der Waals surface area (Å²) >= 11 is 6.25. The van der Waals surface area contributed by atoms with Gasteiger partial charge in [0.25, 0.3) is 0 Å². The summed E-state index contributed by atoms with van der Waals surface area (Å²) in [7, 11) is 5.92. The molecule has 6 nitrogen and oxygen atoms in total. The Labute approximate surface area is 177 Å². The fraction of sp³-hybridized carbons (Fsp3) is 0.409. The zero-order valence-electron chi connectivity index (χ0n) is 17.2. The van der Waals surface area contributed by atoms with Gasteiger partial charge in [-0.15, -0.1) is 0 Å². The van der Waals surface area contributed by atoms with Crippen LogP contribution in [-0.2, 0) is 13.6 Å². The van der Waals surface area contributed by atoms with Gasteiger partial charge in [0.05, 0.1) is 11.9 Å². The number of nitrogens with zero attached hydrogens (tertiary/aromatic N) is 6. The summed E-state index contributed by atoms with van der Waals surface area (Å²) in [5, 5.41) is 5.01. The average Bonchev–Trinajstić information content (AvgIpc) is 3.12. The van der Waals surface area contributed by atoms with Gasteiger partial charge in [-0.05, 0) is 43.6 Å². The van der Waals surface area contributed by atoms with Crippen LogP contribution in [0.15, 0.2) is 42.9 Å². The number of hydrogen-bond acceptors (Lipinski definition) is 5. The topological polar surface area (TPSA) is 50.1 Å². The molecule has 152 valence electrons. The lowest BCUT2D eigenvalue weighted by molar-refractivity contribution is 0.203. The van der Waals surface area contributed by atoms with Gasteiger partial charge in [-0.3, -0.25) is 9.58 Å². The fourth-order valence-electron chi connectivity index (χ4n) is 3.97. The minimum atomic E-state index is 0.413. The van der Waals surface area contributed by atoms with Crippen molar-refractivity contribution in [2.45, 2.75) is 25.3 Å². The maximum absolute atomic E-state index is 6.25. The molecule has 1 fully saturated rings. The highest BCUT2D eigenvalue weighted by atomic mass is 35.5. The molecule has 7 heteroatoms. The van der Waals surface area contributed by atoms with Crippen LogP contribution in [0.4, 0.5) is 5.95 Å². The fourth-order valence-corrected chi connectivity index (χ4v) is 4.16. The van der Waals surface area contributed by atoms with Gasteiger partial charge in [-0.2, -0.15) is 5.10 Å². The number of anilines is 1. The molecule has 1 aromatic carbocycles. The monoisotopic (exact) mass is 410 g/mol. The lowest BCUT2D eigenvalue weighted by Gasteiger charge is -2.32. The summed E-state index contributed by atoms with van der Waals surface area (Å²) in [6, 6.07) is 7.96. The second kappa shape index (κ2) is 8.51. The molecule has 0 atom stereocenters. The zero-order chi connectivity index (χ0) is 20.4. The first kappa shape index (κ1) is 19.9. The van der Waals surface area contributed by atoms with Crippen molar-refractivity contribution in [1.82, 2.24) is 24.6 Å². The molecule has 0 radical (unpaired) electrons. The normalized spacial score (nSPS) is 15.6. The summed E-state index contributed by atoms with van der Waals surface area (Å²) in [5.74, 6) is 1.17. The van der Waals surface area contributed by atoms with E-state index in [1.165, 1.54) is 5.56 Å². The Morgan fingerprint density at radius 2 is 1.97 bits per heavy atom.